The molecule has 3 unspecified atom stereocenters. The van der Waals surface area contributed by atoms with Gasteiger partial charge in [0.05, 0.1) is 6.61 Å². The number of rotatable bonds is 8. The van der Waals surface area contributed by atoms with Crippen molar-refractivity contribution >= 4 is 0 Å². The van der Waals surface area contributed by atoms with E-state index in [1.807, 2.05) is 0 Å². The third kappa shape index (κ3) is 4.78. The van der Waals surface area contributed by atoms with E-state index in [0.29, 0.717) is 12.5 Å². The van der Waals surface area contributed by atoms with Gasteiger partial charge in [-0.1, -0.05) is 38.3 Å². The molecule has 0 spiro atoms. The Hall–Kier alpha value is -0.940. The van der Waals surface area contributed by atoms with Crippen molar-refractivity contribution in [1.82, 2.24) is 15.5 Å². The summed E-state index contributed by atoms with van der Waals surface area (Å²) in [6.07, 6.45) is 7.05. The molecule has 0 bridgehead atoms. The smallest absolute Gasteiger partial charge is 0.228 e. The van der Waals surface area contributed by atoms with Crippen LogP contribution in [0.3, 0.4) is 0 Å². The summed E-state index contributed by atoms with van der Waals surface area (Å²) in [6, 6.07) is 0.239. The lowest BCUT2D eigenvalue weighted by atomic mass is 9.80. The van der Waals surface area contributed by atoms with Gasteiger partial charge >= 0.3 is 0 Å². The number of nitrogens with one attached hydrogen (secondary N) is 1. The van der Waals surface area contributed by atoms with E-state index in [9.17, 15) is 0 Å². The summed E-state index contributed by atoms with van der Waals surface area (Å²) < 4.78 is 10.7. The van der Waals surface area contributed by atoms with Crippen LogP contribution in [0.1, 0.15) is 63.6 Å². The molecule has 120 valence electrons. The van der Waals surface area contributed by atoms with Crippen LogP contribution in [-0.2, 0) is 11.2 Å². The average molecular weight is 295 g/mol. The summed E-state index contributed by atoms with van der Waals surface area (Å²) in [4.78, 5) is 4.63. The summed E-state index contributed by atoms with van der Waals surface area (Å²) in [5.41, 5.74) is 0. The Bertz CT molecular complexity index is 402. The second kappa shape index (κ2) is 8.49. The highest BCUT2D eigenvalue weighted by Gasteiger charge is 2.26. The zero-order valence-corrected chi connectivity index (χ0v) is 13.6. The molecule has 3 atom stereocenters. The summed E-state index contributed by atoms with van der Waals surface area (Å²) in [7, 11) is 1.72. The molecule has 2 rings (SSSR count). The van der Waals surface area contributed by atoms with Crippen molar-refractivity contribution < 1.29 is 9.26 Å². The number of likely N-dealkylation sites (N-methyl/N-ethyl adjacent to an activating group) is 1. The van der Waals surface area contributed by atoms with Crippen LogP contribution in [0.4, 0.5) is 0 Å². The van der Waals surface area contributed by atoms with Gasteiger partial charge in [0.15, 0.2) is 5.82 Å². The highest BCUT2D eigenvalue weighted by molar-refractivity contribution is 4.99. The molecule has 0 radical (unpaired) electrons. The van der Waals surface area contributed by atoms with Gasteiger partial charge in [-0.3, -0.25) is 0 Å². The maximum Gasteiger partial charge on any atom is 0.228 e. The van der Waals surface area contributed by atoms with Crippen LogP contribution in [0.2, 0.25) is 0 Å². The topological polar surface area (TPSA) is 60.2 Å². The lowest BCUT2D eigenvalue weighted by molar-refractivity contribution is 0.162. The lowest BCUT2D eigenvalue weighted by Crippen LogP contribution is -2.35. The Morgan fingerprint density at radius 1 is 1.38 bits per heavy atom. The predicted molar refractivity (Wildman–Crippen MR) is 82.3 cm³/mol. The highest BCUT2D eigenvalue weighted by atomic mass is 16.5. The van der Waals surface area contributed by atoms with Gasteiger partial charge in [0, 0.05) is 25.5 Å². The number of aromatic nitrogens is 2. The average Bonchev–Trinajstić information content (AvgIpc) is 2.96. The van der Waals surface area contributed by atoms with Crippen molar-refractivity contribution in [1.29, 1.82) is 0 Å². The summed E-state index contributed by atoms with van der Waals surface area (Å²) >= 11 is 0. The minimum atomic E-state index is 0.239. The van der Waals surface area contributed by atoms with Gasteiger partial charge in [-0.2, -0.15) is 4.98 Å². The SMILES string of the molecule is CCNC(COC)Cc1nc(C2CCCC(CC)C2)no1. The zero-order valence-electron chi connectivity index (χ0n) is 13.6. The lowest BCUT2D eigenvalue weighted by Gasteiger charge is -2.26. The van der Waals surface area contributed by atoms with Gasteiger partial charge in [0.1, 0.15) is 0 Å². The second-order valence-corrected chi connectivity index (χ2v) is 6.10. The molecule has 1 saturated carbocycles. The first kappa shape index (κ1) is 16.4. The van der Waals surface area contributed by atoms with Gasteiger partial charge < -0.3 is 14.6 Å². The second-order valence-electron chi connectivity index (χ2n) is 6.10. The number of methoxy groups -OCH3 is 1. The Morgan fingerprint density at radius 3 is 2.95 bits per heavy atom. The minimum Gasteiger partial charge on any atom is -0.383 e. The highest BCUT2D eigenvalue weighted by Crippen LogP contribution is 2.36. The van der Waals surface area contributed by atoms with Crippen molar-refractivity contribution in [3.05, 3.63) is 11.7 Å². The summed E-state index contributed by atoms with van der Waals surface area (Å²) in [6.45, 7) is 5.94. The van der Waals surface area contributed by atoms with E-state index in [4.69, 9.17) is 9.26 Å². The molecule has 1 heterocycles. The molecular weight excluding hydrogens is 266 g/mol. The largest absolute Gasteiger partial charge is 0.383 e. The van der Waals surface area contributed by atoms with Crippen molar-refractivity contribution in [2.24, 2.45) is 5.92 Å². The molecule has 5 heteroatoms. The third-order valence-corrected chi connectivity index (χ3v) is 4.49. The standard InChI is InChI=1S/C16H29N3O2/c1-4-12-7-6-8-13(9-12)16-18-15(21-19-16)10-14(11-20-3)17-5-2/h12-14,17H,4-11H2,1-3H3. The number of hydrogen-bond acceptors (Lipinski definition) is 5. The van der Waals surface area contributed by atoms with Crippen LogP contribution in [0, 0.1) is 5.92 Å². The van der Waals surface area contributed by atoms with Crippen molar-refractivity contribution in [3.63, 3.8) is 0 Å². The molecule has 1 aliphatic carbocycles. The maximum absolute atomic E-state index is 5.45. The summed E-state index contributed by atoms with van der Waals surface area (Å²) in [5, 5.41) is 7.61. The normalized spacial score (nSPS) is 24.1. The van der Waals surface area contributed by atoms with Crippen LogP contribution in [0.25, 0.3) is 0 Å². The molecule has 1 aromatic heterocycles. The minimum absolute atomic E-state index is 0.239. The van der Waals surface area contributed by atoms with E-state index in [-0.39, 0.29) is 6.04 Å². The van der Waals surface area contributed by atoms with Gasteiger partial charge in [0.2, 0.25) is 5.89 Å². The molecule has 0 saturated heterocycles. The van der Waals surface area contributed by atoms with Gasteiger partial charge in [-0.25, -0.2) is 0 Å². The van der Waals surface area contributed by atoms with Crippen LogP contribution < -0.4 is 5.32 Å². The van der Waals surface area contributed by atoms with E-state index in [1.54, 1.807) is 7.11 Å². The first-order valence-corrected chi connectivity index (χ1v) is 8.31. The fourth-order valence-corrected chi connectivity index (χ4v) is 3.30. The summed E-state index contributed by atoms with van der Waals surface area (Å²) in [5.74, 6) is 2.96. The molecule has 1 fully saturated rings. The Morgan fingerprint density at radius 2 is 2.24 bits per heavy atom. The first-order chi connectivity index (χ1) is 10.3. The molecule has 0 aliphatic heterocycles. The van der Waals surface area contributed by atoms with Crippen LogP contribution >= 0.6 is 0 Å². The van der Waals surface area contributed by atoms with E-state index in [2.05, 4.69) is 29.3 Å². The van der Waals surface area contributed by atoms with E-state index in [0.717, 1.165) is 30.6 Å². The fourth-order valence-electron chi connectivity index (χ4n) is 3.30. The molecule has 5 nitrogen and oxygen atoms in total. The number of ether oxygens (including phenoxy) is 1. The van der Waals surface area contributed by atoms with Crippen LogP contribution in [0.15, 0.2) is 4.52 Å². The quantitative estimate of drug-likeness (QED) is 0.799. The molecule has 0 aromatic carbocycles. The van der Waals surface area contributed by atoms with Gasteiger partial charge in [-0.05, 0) is 25.3 Å². The Balaban J connectivity index is 1.93. The third-order valence-electron chi connectivity index (χ3n) is 4.49. The predicted octanol–water partition coefficient (Wildman–Crippen LogP) is 2.92. The van der Waals surface area contributed by atoms with Crippen molar-refractivity contribution in [3.8, 4) is 0 Å². The number of hydrogen-bond donors (Lipinski definition) is 1. The van der Waals surface area contributed by atoms with Crippen molar-refractivity contribution in [2.45, 2.75) is 64.3 Å². The number of nitrogens with zero attached hydrogens (tertiary/aromatic N) is 2. The molecule has 1 N–H and O–H groups in total. The first-order valence-electron chi connectivity index (χ1n) is 8.31. The Labute approximate surface area is 127 Å². The van der Waals surface area contributed by atoms with Crippen molar-refractivity contribution in [2.75, 3.05) is 20.3 Å². The molecular formula is C16H29N3O2. The fraction of sp³-hybridized carbons (Fsp3) is 0.875. The van der Waals surface area contributed by atoms with Gasteiger partial charge in [0.25, 0.3) is 0 Å². The molecule has 0 amide bonds. The van der Waals surface area contributed by atoms with E-state index < -0.39 is 0 Å². The molecule has 21 heavy (non-hydrogen) atoms. The van der Waals surface area contributed by atoms with E-state index >= 15 is 0 Å². The van der Waals surface area contributed by atoms with Gasteiger partial charge in [-0.15, -0.1) is 0 Å². The zero-order chi connectivity index (χ0) is 15.1. The maximum atomic E-state index is 5.45. The Kier molecular flexibility index (Phi) is 6.64. The van der Waals surface area contributed by atoms with Crippen LogP contribution in [-0.4, -0.2) is 36.4 Å². The van der Waals surface area contributed by atoms with E-state index in [1.165, 1.54) is 32.1 Å². The monoisotopic (exact) mass is 295 g/mol. The molecule has 1 aliphatic rings. The van der Waals surface area contributed by atoms with Crippen LogP contribution in [0.5, 0.6) is 0 Å². The molecule has 1 aromatic rings.